The number of thiol groups is 1. The fourth-order valence-electron chi connectivity index (χ4n) is 3.61. The van der Waals surface area contributed by atoms with Crippen molar-refractivity contribution in [1.29, 1.82) is 0 Å². The summed E-state index contributed by atoms with van der Waals surface area (Å²) in [5.74, 6) is -1.09. The lowest BCUT2D eigenvalue weighted by atomic mass is 9.89. The molecule has 0 radical (unpaired) electrons. The van der Waals surface area contributed by atoms with Gasteiger partial charge in [0.15, 0.2) is 0 Å². The molecular formula is C28H33ClF2N2O3S. The highest BCUT2D eigenvalue weighted by molar-refractivity contribution is 7.80. The fraction of sp³-hybridized carbons (Fsp3) is 0.357. The van der Waals surface area contributed by atoms with E-state index < -0.39 is 18.0 Å². The Bertz CT molecular complexity index is 1160. The van der Waals surface area contributed by atoms with Crippen LogP contribution in [0.25, 0.3) is 0 Å². The molecule has 3 unspecified atom stereocenters. The first kappa shape index (κ1) is 30.7. The van der Waals surface area contributed by atoms with Crippen LogP contribution in [-0.2, 0) is 0 Å². The molecule has 3 atom stereocenters. The normalized spacial score (nSPS) is 13.2. The molecule has 1 heterocycles. The summed E-state index contributed by atoms with van der Waals surface area (Å²) in [6, 6.07) is 11.9. The zero-order valence-electron chi connectivity index (χ0n) is 21.1. The average molecular weight is 551 g/mol. The third-order valence-corrected chi connectivity index (χ3v) is 6.78. The predicted molar refractivity (Wildman–Crippen MR) is 146 cm³/mol. The number of hydrogen-bond acceptors (Lipinski definition) is 5. The van der Waals surface area contributed by atoms with Gasteiger partial charge in [0.2, 0.25) is 0 Å². The maximum Gasteiger partial charge on any atom is 0.255 e. The lowest BCUT2D eigenvalue weighted by Gasteiger charge is -2.25. The van der Waals surface area contributed by atoms with Gasteiger partial charge < -0.3 is 15.5 Å². The van der Waals surface area contributed by atoms with Crippen LogP contribution in [0.3, 0.4) is 0 Å². The Labute approximate surface area is 227 Å². The lowest BCUT2D eigenvalue weighted by Crippen LogP contribution is -2.28. The molecule has 0 spiro atoms. The van der Waals surface area contributed by atoms with Crippen molar-refractivity contribution >= 4 is 35.8 Å². The van der Waals surface area contributed by atoms with E-state index in [1.54, 1.807) is 37.3 Å². The third kappa shape index (κ3) is 9.38. The van der Waals surface area contributed by atoms with E-state index in [-0.39, 0.29) is 17.6 Å². The highest BCUT2D eigenvalue weighted by Crippen LogP contribution is 2.26. The van der Waals surface area contributed by atoms with Crippen molar-refractivity contribution in [1.82, 2.24) is 4.98 Å². The molecule has 0 aliphatic rings. The van der Waals surface area contributed by atoms with E-state index in [0.29, 0.717) is 32.4 Å². The molecule has 0 saturated carbocycles. The van der Waals surface area contributed by atoms with Crippen LogP contribution in [0, 0.1) is 24.5 Å². The molecule has 0 saturated heterocycles. The molecule has 200 valence electrons. The minimum Gasteiger partial charge on any atom is -0.390 e. The molecule has 3 N–H and O–H groups in total. The number of pyridine rings is 1. The molecule has 5 nitrogen and oxygen atoms in total. The van der Waals surface area contributed by atoms with Crippen molar-refractivity contribution in [3.63, 3.8) is 0 Å². The van der Waals surface area contributed by atoms with Crippen molar-refractivity contribution in [3.05, 3.63) is 88.2 Å². The Hall–Kier alpha value is -2.52. The van der Waals surface area contributed by atoms with Gasteiger partial charge in [-0.25, -0.2) is 8.78 Å². The minimum absolute atomic E-state index is 0.0480. The van der Waals surface area contributed by atoms with Gasteiger partial charge in [-0.2, -0.15) is 0 Å². The number of amides is 1. The number of carbonyl (C=O) groups is 1. The van der Waals surface area contributed by atoms with Crippen LogP contribution in [0.1, 0.15) is 67.3 Å². The topological polar surface area (TPSA) is 82.4 Å². The number of carbonyl (C=O) groups excluding carboxylic acids is 1. The first-order valence-corrected chi connectivity index (χ1v) is 12.9. The van der Waals surface area contributed by atoms with Crippen LogP contribution in [0.15, 0.2) is 59.6 Å². The quantitative estimate of drug-likeness (QED) is 0.213. The predicted octanol–water partition coefficient (Wildman–Crippen LogP) is 7.16. The van der Waals surface area contributed by atoms with Gasteiger partial charge in [0, 0.05) is 16.1 Å². The summed E-state index contributed by atoms with van der Waals surface area (Å²) in [4.78, 5) is 16.3. The molecule has 2 aromatic carbocycles. The Morgan fingerprint density at radius 1 is 1.11 bits per heavy atom. The largest absolute Gasteiger partial charge is 0.390 e. The first-order valence-electron chi connectivity index (χ1n) is 12.1. The minimum atomic E-state index is -1.05. The molecule has 0 bridgehead atoms. The van der Waals surface area contributed by atoms with Gasteiger partial charge in [0.05, 0.1) is 23.0 Å². The summed E-state index contributed by atoms with van der Waals surface area (Å²) in [6.45, 7) is 5.75. The molecule has 0 fully saturated rings. The van der Waals surface area contributed by atoms with Crippen molar-refractivity contribution < 1.29 is 23.8 Å². The standard InChI is InChI=1S/C14H11ClFNOS.C14H22FNO2/c1-8-2-4-10(7-12(8)16)17-14(18)9-3-5-11(15)13(19)6-9;1-3-5-6-10(4-2)13(17)14(18)12-8-7-11(15)9-16-12/h2-7,19H,1H3,(H,17,18);7-10,13-14,17-18H,3-6H2,1-2H3. The number of nitrogens with one attached hydrogen (secondary N) is 1. The van der Waals surface area contributed by atoms with Gasteiger partial charge in [-0.05, 0) is 67.3 Å². The number of unbranched alkanes of at least 4 members (excludes halogenated alkanes) is 1. The molecule has 37 heavy (non-hydrogen) atoms. The van der Waals surface area contributed by atoms with Crippen LogP contribution >= 0.6 is 24.2 Å². The van der Waals surface area contributed by atoms with Crippen molar-refractivity contribution in [2.45, 2.75) is 63.6 Å². The number of aliphatic hydroxyl groups excluding tert-OH is 2. The van der Waals surface area contributed by atoms with E-state index in [9.17, 15) is 23.8 Å². The van der Waals surface area contributed by atoms with Crippen LogP contribution in [0.4, 0.5) is 14.5 Å². The van der Waals surface area contributed by atoms with Crippen LogP contribution < -0.4 is 5.32 Å². The van der Waals surface area contributed by atoms with E-state index in [1.165, 1.54) is 18.2 Å². The van der Waals surface area contributed by atoms with Crippen molar-refractivity contribution in [2.24, 2.45) is 5.92 Å². The third-order valence-electron chi connectivity index (χ3n) is 5.95. The van der Waals surface area contributed by atoms with Gasteiger partial charge in [-0.1, -0.05) is 50.8 Å². The van der Waals surface area contributed by atoms with Crippen molar-refractivity contribution in [3.8, 4) is 0 Å². The highest BCUT2D eigenvalue weighted by atomic mass is 35.5. The van der Waals surface area contributed by atoms with E-state index in [0.717, 1.165) is 31.9 Å². The van der Waals surface area contributed by atoms with E-state index in [2.05, 4.69) is 29.9 Å². The SMILES string of the molecule is CCCCC(CC)C(O)C(O)c1ccc(F)cn1.Cc1ccc(NC(=O)c2ccc(Cl)c(S)c2)cc1F. The molecule has 1 aromatic heterocycles. The smallest absolute Gasteiger partial charge is 0.255 e. The van der Waals surface area contributed by atoms with Gasteiger partial charge >= 0.3 is 0 Å². The Balaban J connectivity index is 0.000000261. The monoisotopic (exact) mass is 550 g/mol. The van der Waals surface area contributed by atoms with Gasteiger partial charge in [0.1, 0.15) is 17.7 Å². The number of benzene rings is 2. The maximum atomic E-state index is 13.4. The second-order valence-corrected chi connectivity index (χ2v) is 9.62. The zero-order valence-corrected chi connectivity index (χ0v) is 22.7. The fourth-order valence-corrected chi connectivity index (χ4v) is 3.94. The second-order valence-electron chi connectivity index (χ2n) is 8.73. The van der Waals surface area contributed by atoms with Crippen LogP contribution in [0.5, 0.6) is 0 Å². The summed E-state index contributed by atoms with van der Waals surface area (Å²) in [7, 11) is 0. The van der Waals surface area contributed by atoms with Gasteiger partial charge in [-0.15, -0.1) is 12.6 Å². The van der Waals surface area contributed by atoms with E-state index >= 15 is 0 Å². The zero-order chi connectivity index (χ0) is 27.5. The van der Waals surface area contributed by atoms with Crippen molar-refractivity contribution in [2.75, 3.05) is 5.32 Å². The average Bonchev–Trinajstić information content (AvgIpc) is 2.88. The molecule has 3 rings (SSSR count). The number of aryl methyl sites for hydroxylation is 1. The van der Waals surface area contributed by atoms with E-state index in [4.69, 9.17) is 11.6 Å². The van der Waals surface area contributed by atoms with Gasteiger partial charge in [0.25, 0.3) is 5.91 Å². The number of aliphatic hydroxyl groups is 2. The van der Waals surface area contributed by atoms with Gasteiger partial charge in [-0.3, -0.25) is 9.78 Å². The summed E-state index contributed by atoms with van der Waals surface area (Å²) in [6.07, 6.45) is 2.93. The molecule has 1 amide bonds. The Kier molecular flexibility index (Phi) is 12.5. The maximum absolute atomic E-state index is 13.4. The molecule has 0 aliphatic carbocycles. The number of hydrogen-bond donors (Lipinski definition) is 4. The summed E-state index contributed by atoms with van der Waals surface area (Å²) >= 11 is 9.97. The summed E-state index contributed by atoms with van der Waals surface area (Å²) in [5.41, 5.74) is 1.67. The Morgan fingerprint density at radius 3 is 2.41 bits per heavy atom. The molecule has 3 aromatic rings. The first-order chi connectivity index (χ1) is 17.6. The number of rotatable bonds is 9. The summed E-state index contributed by atoms with van der Waals surface area (Å²) < 4.78 is 26.1. The molecule has 9 heteroatoms. The number of nitrogens with zero attached hydrogens (tertiary/aromatic N) is 1. The Morgan fingerprint density at radius 2 is 1.84 bits per heavy atom. The molecule has 0 aliphatic heterocycles. The number of halogens is 3. The lowest BCUT2D eigenvalue weighted by molar-refractivity contribution is -0.0248. The highest BCUT2D eigenvalue weighted by Gasteiger charge is 2.26. The number of anilines is 1. The van der Waals surface area contributed by atoms with Crippen LogP contribution in [-0.4, -0.2) is 27.2 Å². The van der Waals surface area contributed by atoms with E-state index in [1.807, 2.05) is 6.92 Å². The van der Waals surface area contributed by atoms with Crippen LogP contribution in [0.2, 0.25) is 5.02 Å². The second kappa shape index (κ2) is 15.0. The summed E-state index contributed by atoms with van der Waals surface area (Å²) in [5, 5.41) is 23.3. The number of aromatic nitrogens is 1. The molecular weight excluding hydrogens is 518 g/mol.